The number of allylic oxidation sites excluding steroid dienone is 1. The zero-order valence-electron chi connectivity index (χ0n) is 18.5. The van der Waals surface area contributed by atoms with Crippen molar-refractivity contribution in [3.8, 4) is 5.75 Å². The molecule has 0 spiro atoms. The molecular weight excluding hydrogens is 447 g/mol. The van der Waals surface area contributed by atoms with Crippen LogP contribution in [0.15, 0.2) is 88.2 Å². The highest BCUT2D eigenvalue weighted by atomic mass is 32.1. The van der Waals surface area contributed by atoms with Crippen molar-refractivity contribution in [1.82, 2.24) is 4.57 Å². The molecule has 6 rings (SSSR count). The molecule has 0 radical (unpaired) electrons. The van der Waals surface area contributed by atoms with E-state index >= 15 is 0 Å². The van der Waals surface area contributed by atoms with Gasteiger partial charge in [-0.2, -0.15) is 0 Å². The van der Waals surface area contributed by atoms with E-state index in [4.69, 9.17) is 9.73 Å². The van der Waals surface area contributed by atoms with Gasteiger partial charge in [0.1, 0.15) is 11.6 Å². The predicted molar refractivity (Wildman–Crippen MR) is 132 cm³/mol. The minimum absolute atomic E-state index is 0.0914. The predicted octanol–water partition coefficient (Wildman–Crippen LogP) is 4.47. The van der Waals surface area contributed by atoms with Gasteiger partial charge in [0.15, 0.2) is 4.80 Å². The average Bonchev–Trinajstić information content (AvgIpc) is 3.18. The first-order valence-corrected chi connectivity index (χ1v) is 12.0. The first-order valence-electron chi connectivity index (χ1n) is 11.1. The largest absolute Gasteiger partial charge is 0.497 e. The summed E-state index contributed by atoms with van der Waals surface area (Å²) < 4.78 is 21.2. The highest BCUT2D eigenvalue weighted by Crippen LogP contribution is 2.41. The molecule has 0 saturated heterocycles. The molecule has 3 aromatic carbocycles. The van der Waals surface area contributed by atoms with Crippen LogP contribution < -0.4 is 19.6 Å². The number of nitrogens with zero attached hydrogens (tertiary/aromatic N) is 2. The van der Waals surface area contributed by atoms with Crippen LogP contribution in [0.5, 0.6) is 5.75 Å². The molecule has 4 nitrogen and oxygen atoms in total. The molecule has 2 aliphatic rings. The summed E-state index contributed by atoms with van der Waals surface area (Å²) >= 11 is 1.37. The minimum atomic E-state index is -0.303. The summed E-state index contributed by atoms with van der Waals surface area (Å²) in [4.78, 5) is 19.4. The normalized spacial score (nSPS) is 17.0. The summed E-state index contributed by atoms with van der Waals surface area (Å²) in [6, 6.07) is 22.2. The summed E-state index contributed by atoms with van der Waals surface area (Å²) in [7, 11) is 1.65. The summed E-state index contributed by atoms with van der Waals surface area (Å²) in [5.41, 5.74) is 6.20. The van der Waals surface area contributed by atoms with Crippen molar-refractivity contribution in [3.63, 3.8) is 0 Å². The molecule has 168 valence electrons. The number of aryl methyl sites for hydroxylation is 1. The number of benzene rings is 3. The second kappa shape index (κ2) is 8.22. The van der Waals surface area contributed by atoms with E-state index in [0.29, 0.717) is 9.33 Å². The number of hydrogen-bond acceptors (Lipinski definition) is 4. The van der Waals surface area contributed by atoms with Crippen LogP contribution in [0.25, 0.3) is 11.8 Å². The van der Waals surface area contributed by atoms with Crippen molar-refractivity contribution in [1.29, 1.82) is 0 Å². The topological polar surface area (TPSA) is 43.6 Å². The SMILES string of the molecule is COc1cccc([C@@H]2C3=C(N=c4s/c(=C/c5ccc(F)cc5)c(=O)n42)c2ccccc2CC3)c1. The third-order valence-corrected chi connectivity index (χ3v) is 7.43. The lowest BCUT2D eigenvalue weighted by atomic mass is 9.83. The van der Waals surface area contributed by atoms with Gasteiger partial charge in [-0.15, -0.1) is 0 Å². The van der Waals surface area contributed by atoms with Crippen LogP contribution in [0.1, 0.15) is 34.7 Å². The van der Waals surface area contributed by atoms with Gasteiger partial charge in [-0.05, 0) is 65.4 Å². The van der Waals surface area contributed by atoms with Crippen LogP contribution in [0, 0.1) is 5.82 Å². The van der Waals surface area contributed by atoms with Crippen LogP contribution in [-0.4, -0.2) is 11.7 Å². The van der Waals surface area contributed by atoms with Gasteiger partial charge >= 0.3 is 0 Å². The first kappa shape index (κ1) is 20.8. The van der Waals surface area contributed by atoms with E-state index in [1.807, 2.05) is 41.0 Å². The molecule has 34 heavy (non-hydrogen) atoms. The molecule has 0 bridgehead atoms. The zero-order valence-corrected chi connectivity index (χ0v) is 19.3. The van der Waals surface area contributed by atoms with Gasteiger partial charge in [0.2, 0.25) is 0 Å². The Hall–Kier alpha value is -3.77. The van der Waals surface area contributed by atoms with E-state index in [2.05, 4.69) is 18.2 Å². The number of ether oxygens (including phenoxy) is 1. The molecule has 0 amide bonds. The Morgan fingerprint density at radius 2 is 1.88 bits per heavy atom. The third kappa shape index (κ3) is 3.42. The fourth-order valence-corrected chi connectivity index (χ4v) is 5.85. The van der Waals surface area contributed by atoms with Gasteiger partial charge < -0.3 is 4.74 Å². The summed E-state index contributed by atoms with van der Waals surface area (Å²) in [6.45, 7) is 0. The first-order chi connectivity index (χ1) is 16.6. The zero-order chi connectivity index (χ0) is 23.2. The van der Waals surface area contributed by atoms with Crippen molar-refractivity contribution in [3.05, 3.63) is 126 Å². The summed E-state index contributed by atoms with van der Waals surface area (Å²) in [5.74, 6) is 0.448. The maximum absolute atomic E-state index is 13.7. The molecule has 1 aromatic heterocycles. The van der Waals surface area contributed by atoms with Crippen LogP contribution in [0.2, 0.25) is 0 Å². The number of halogens is 1. The second-order valence-electron chi connectivity index (χ2n) is 8.44. The molecule has 1 aliphatic carbocycles. The van der Waals surface area contributed by atoms with E-state index < -0.39 is 0 Å². The number of rotatable bonds is 3. The Labute approximate surface area is 199 Å². The number of aromatic nitrogens is 1. The molecule has 6 heteroatoms. The number of methoxy groups -OCH3 is 1. The van der Waals surface area contributed by atoms with Gasteiger partial charge in [0, 0.05) is 5.56 Å². The molecule has 4 aromatic rings. The molecule has 0 unspecified atom stereocenters. The number of fused-ring (bicyclic) bond motifs is 3. The Bertz CT molecular complexity index is 1630. The maximum atomic E-state index is 13.7. The fraction of sp³-hybridized carbons (Fsp3) is 0.143. The standard InChI is InChI=1S/C28H21FN2O2S/c1-33-21-7-4-6-19(16-21)26-23-14-11-18-5-2-3-8-22(18)25(23)30-28-31(26)27(32)24(34-28)15-17-9-12-20(29)13-10-17/h2-10,12-13,15-16,26H,11,14H2,1H3/b24-15+/t26-/m1/s1. The highest BCUT2D eigenvalue weighted by molar-refractivity contribution is 7.07. The minimum Gasteiger partial charge on any atom is -0.497 e. The number of thiazole rings is 1. The molecule has 0 N–H and O–H groups in total. The molecule has 0 fully saturated rings. The fourth-order valence-electron chi connectivity index (χ4n) is 4.84. The average molecular weight is 469 g/mol. The van der Waals surface area contributed by atoms with Crippen molar-refractivity contribution < 1.29 is 9.13 Å². The van der Waals surface area contributed by atoms with Crippen molar-refractivity contribution in [2.75, 3.05) is 7.11 Å². The van der Waals surface area contributed by atoms with Crippen LogP contribution in [0.3, 0.4) is 0 Å². The van der Waals surface area contributed by atoms with Crippen LogP contribution in [-0.2, 0) is 6.42 Å². The summed E-state index contributed by atoms with van der Waals surface area (Å²) in [5, 5.41) is 0. The van der Waals surface area contributed by atoms with Crippen LogP contribution >= 0.6 is 11.3 Å². The highest BCUT2D eigenvalue weighted by Gasteiger charge is 2.32. The lowest BCUT2D eigenvalue weighted by molar-refractivity contribution is 0.413. The molecule has 0 saturated carbocycles. The van der Waals surface area contributed by atoms with E-state index in [1.54, 1.807) is 19.2 Å². The van der Waals surface area contributed by atoms with E-state index in [9.17, 15) is 9.18 Å². The molecule has 2 heterocycles. The third-order valence-electron chi connectivity index (χ3n) is 6.45. The lowest BCUT2D eigenvalue weighted by Crippen LogP contribution is -2.38. The van der Waals surface area contributed by atoms with E-state index in [0.717, 1.165) is 46.6 Å². The van der Waals surface area contributed by atoms with Gasteiger partial charge in [0.25, 0.3) is 5.56 Å². The maximum Gasteiger partial charge on any atom is 0.271 e. The lowest BCUT2D eigenvalue weighted by Gasteiger charge is -2.31. The quantitative estimate of drug-likeness (QED) is 0.446. The monoisotopic (exact) mass is 468 g/mol. The second-order valence-corrected chi connectivity index (χ2v) is 9.45. The Balaban J connectivity index is 1.62. The van der Waals surface area contributed by atoms with E-state index in [-0.39, 0.29) is 17.4 Å². The van der Waals surface area contributed by atoms with Gasteiger partial charge in [-0.3, -0.25) is 9.36 Å². The Morgan fingerprint density at radius 3 is 2.71 bits per heavy atom. The van der Waals surface area contributed by atoms with Gasteiger partial charge in [-0.25, -0.2) is 9.38 Å². The smallest absolute Gasteiger partial charge is 0.271 e. The van der Waals surface area contributed by atoms with Crippen molar-refractivity contribution in [2.24, 2.45) is 4.99 Å². The Kier molecular flexibility index (Phi) is 5.03. The van der Waals surface area contributed by atoms with Crippen molar-refractivity contribution in [2.45, 2.75) is 18.9 Å². The Morgan fingerprint density at radius 1 is 1.06 bits per heavy atom. The van der Waals surface area contributed by atoms with Crippen LogP contribution in [0.4, 0.5) is 4.39 Å². The summed E-state index contributed by atoms with van der Waals surface area (Å²) in [6.07, 6.45) is 3.55. The van der Waals surface area contributed by atoms with E-state index in [1.165, 1.54) is 29.0 Å². The van der Waals surface area contributed by atoms with Gasteiger partial charge in [0.05, 0.1) is 23.4 Å². The molecule has 1 aliphatic heterocycles. The number of hydrogen-bond donors (Lipinski definition) is 0. The molecular formula is C28H21FN2O2S. The van der Waals surface area contributed by atoms with Crippen molar-refractivity contribution >= 4 is 23.1 Å². The molecule has 1 atom stereocenters. The van der Waals surface area contributed by atoms with Gasteiger partial charge in [-0.1, -0.05) is 59.9 Å².